The molecular formula is C18H17NO6. The third-order valence-corrected chi connectivity index (χ3v) is 3.41. The van der Waals surface area contributed by atoms with E-state index in [4.69, 9.17) is 14.9 Å². The first-order valence-corrected chi connectivity index (χ1v) is 7.52. The number of carboxylic acids is 2. The number of carbonyl (C=O) groups is 3. The van der Waals surface area contributed by atoms with Gasteiger partial charge in [0.2, 0.25) is 0 Å². The van der Waals surface area contributed by atoms with Crippen molar-refractivity contribution in [1.29, 1.82) is 0 Å². The number of benzene rings is 2. The lowest BCUT2D eigenvalue weighted by Crippen LogP contribution is -2.20. The summed E-state index contributed by atoms with van der Waals surface area (Å²) in [6, 6.07) is 10.7. The Labute approximate surface area is 143 Å². The summed E-state index contributed by atoms with van der Waals surface area (Å²) in [5.41, 5.74) is 0.758. The molecule has 130 valence electrons. The van der Waals surface area contributed by atoms with Crippen LogP contribution in [0.5, 0.6) is 5.75 Å². The molecule has 2 aromatic rings. The molecule has 0 unspecified atom stereocenters. The molecule has 7 nitrogen and oxygen atoms in total. The molecule has 0 aliphatic rings. The number of hydrogen-bond donors (Lipinski definition) is 3. The van der Waals surface area contributed by atoms with E-state index in [2.05, 4.69) is 5.32 Å². The van der Waals surface area contributed by atoms with Gasteiger partial charge in [0.15, 0.2) is 6.61 Å². The number of nitrogens with one attached hydrogen (secondary N) is 1. The molecule has 0 heterocycles. The number of rotatable bonds is 7. The molecule has 3 N–H and O–H groups in total. The second-order valence-electron chi connectivity index (χ2n) is 5.24. The molecule has 0 aliphatic heterocycles. The van der Waals surface area contributed by atoms with Crippen molar-refractivity contribution in [2.45, 2.75) is 13.3 Å². The first-order valence-electron chi connectivity index (χ1n) is 7.52. The van der Waals surface area contributed by atoms with Crippen molar-refractivity contribution in [3.05, 3.63) is 59.2 Å². The van der Waals surface area contributed by atoms with Crippen LogP contribution in [0.15, 0.2) is 42.5 Å². The number of carbonyl (C=O) groups excluding carboxylic acids is 1. The molecule has 0 spiro atoms. The monoisotopic (exact) mass is 343 g/mol. The zero-order valence-corrected chi connectivity index (χ0v) is 13.5. The Balaban J connectivity index is 2.03. The van der Waals surface area contributed by atoms with Crippen molar-refractivity contribution < 1.29 is 29.3 Å². The average molecular weight is 343 g/mol. The second-order valence-corrected chi connectivity index (χ2v) is 5.24. The van der Waals surface area contributed by atoms with Crippen LogP contribution < -0.4 is 10.1 Å². The Morgan fingerprint density at radius 3 is 2.00 bits per heavy atom. The molecule has 0 radical (unpaired) electrons. The van der Waals surface area contributed by atoms with Gasteiger partial charge in [-0.05, 0) is 42.3 Å². The van der Waals surface area contributed by atoms with Crippen LogP contribution in [0.25, 0.3) is 0 Å². The molecule has 25 heavy (non-hydrogen) atoms. The Morgan fingerprint density at radius 1 is 0.960 bits per heavy atom. The van der Waals surface area contributed by atoms with E-state index in [-0.39, 0.29) is 23.4 Å². The third-order valence-electron chi connectivity index (χ3n) is 3.41. The number of amides is 1. The SMILES string of the molecule is CCc1ccc(OCC(=O)Nc2cc(C(=O)O)cc(C(=O)O)c2)cc1. The van der Waals surface area contributed by atoms with E-state index in [0.29, 0.717) is 5.75 Å². The molecule has 7 heteroatoms. The zero-order valence-electron chi connectivity index (χ0n) is 13.5. The highest BCUT2D eigenvalue weighted by molar-refractivity contribution is 5.98. The maximum absolute atomic E-state index is 11.9. The molecule has 0 saturated carbocycles. The molecule has 2 rings (SSSR count). The Bertz CT molecular complexity index is 765. The summed E-state index contributed by atoms with van der Waals surface area (Å²) in [5, 5.41) is 20.5. The molecule has 0 aromatic heterocycles. The van der Waals surface area contributed by atoms with Crippen molar-refractivity contribution in [1.82, 2.24) is 0 Å². The fourth-order valence-corrected chi connectivity index (χ4v) is 2.11. The largest absolute Gasteiger partial charge is 0.484 e. The number of aromatic carboxylic acids is 2. The van der Waals surface area contributed by atoms with Crippen LogP contribution in [0.4, 0.5) is 5.69 Å². The van der Waals surface area contributed by atoms with E-state index in [1.54, 1.807) is 12.1 Å². The summed E-state index contributed by atoms with van der Waals surface area (Å²) < 4.78 is 5.35. The lowest BCUT2D eigenvalue weighted by atomic mass is 10.1. The van der Waals surface area contributed by atoms with Gasteiger partial charge in [-0.15, -0.1) is 0 Å². The van der Waals surface area contributed by atoms with Crippen molar-refractivity contribution in [2.24, 2.45) is 0 Å². The van der Waals surface area contributed by atoms with Gasteiger partial charge in [-0.3, -0.25) is 4.79 Å². The van der Waals surface area contributed by atoms with Crippen LogP contribution in [0.1, 0.15) is 33.2 Å². The van der Waals surface area contributed by atoms with Crippen molar-refractivity contribution in [3.63, 3.8) is 0 Å². The van der Waals surface area contributed by atoms with E-state index >= 15 is 0 Å². The van der Waals surface area contributed by atoms with Crippen molar-refractivity contribution >= 4 is 23.5 Å². The van der Waals surface area contributed by atoms with Crippen LogP contribution >= 0.6 is 0 Å². The summed E-state index contributed by atoms with van der Waals surface area (Å²) in [5.74, 6) is -2.58. The predicted molar refractivity (Wildman–Crippen MR) is 90.3 cm³/mol. The quantitative estimate of drug-likeness (QED) is 0.712. The van der Waals surface area contributed by atoms with Gasteiger partial charge in [0.1, 0.15) is 5.75 Å². The minimum absolute atomic E-state index is 0.0761. The first-order chi connectivity index (χ1) is 11.9. The highest BCUT2D eigenvalue weighted by Crippen LogP contribution is 2.16. The van der Waals surface area contributed by atoms with Crippen molar-refractivity contribution in [2.75, 3.05) is 11.9 Å². The third kappa shape index (κ3) is 5.07. The minimum Gasteiger partial charge on any atom is -0.484 e. The first kappa shape index (κ1) is 18.0. The van der Waals surface area contributed by atoms with Crippen molar-refractivity contribution in [3.8, 4) is 5.75 Å². The molecule has 0 fully saturated rings. The molecule has 1 amide bonds. The molecule has 0 saturated heterocycles. The molecular weight excluding hydrogens is 326 g/mol. The van der Waals surface area contributed by atoms with Gasteiger partial charge < -0.3 is 20.3 Å². The fourth-order valence-electron chi connectivity index (χ4n) is 2.11. The van der Waals surface area contributed by atoms with Crippen LogP contribution in [-0.2, 0) is 11.2 Å². The summed E-state index contributed by atoms with van der Waals surface area (Å²) >= 11 is 0. The van der Waals surface area contributed by atoms with Gasteiger partial charge >= 0.3 is 11.9 Å². The molecule has 2 aromatic carbocycles. The average Bonchev–Trinajstić information content (AvgIpc) is 2.60. The van der Waals surface area contributed by atoms with Crippen LogP contribution in [0.3, 0.4) is 0 Å². The highest BCUT2D eigenvalue weighted by Gasteiger charge is 2.13. The predicted octanol–water partition coefficient (Wildman–Crippen LogP) is 2.66. The standard InChI is InChI=1S/C18H17NO6/c1-2-11-3-5-15(6-4-11)25-10-16(20)19-14-8-12(17(21)22)7-13(9-14)18(23)24/h3-9H,2,10H2,1H3,(H,19,20)(H,21,22)(H,23,24). The highest BCUT2D eigenvalue weighted by atomic mass is 16.5. The smallest absolute Gasteiger partial charge is 0.335 e. The molecule has 0 aliphatic carbocycles. The molecule has 0 bridgehead atoms. The minimum atomic E-state index is -1.29. The van der Waals surface area contributed by atoms with E-state index in [1.807, 2.05) is 19.1 Å². The summed E-state index contributed by atoms with van der Waals surface area (Å²) in [6.45, 7) is 1.74. The van der Waals surface area contributed by atoms with E-state index in [1.165, 1.54) is 12.1 Å². The topological polar surface area (TPSA) is 113 Å². The fraction of sp³-hybridized carbons (Fsp3) is 0.167. The number of carboxylic acid groups (broad SMARTS) is 2. The lowest BCUT2D eigenvalue weighted by Gasteiger charge is -2.09. The van der Waals surface area contributed by atoms with Gasteiger partial charge in [-0.25, -0.2) is 9.59 Å². The van der Waals surface area contributed by atoms with Gasteiger partial charge in [-0.2, -0.15) is 0 Å². The van der Waals surface area contributed by atoms with E-state index < -0.39 is 17.8 Å². The summed E-state index contributed by atoms with van der Waals surface area (Å²) in [4.78, 5) is 34.0. The van der Waals surface area contributed by atoms with Gasteiger partial charge in [0.05, 0.1) is 11.1 Å². The van der Waals surface area contributed by atoms with Crippen LogP contribution in [0, 0.1) is 0 Å². The molecule has 0 atom stereocenters. The van der Waals surface area contributed by atoms with Crippen LogP contribution in [0.2, 0.25) is 0 Å². The van der Waals surface area contributed by atoms with Gasteiger partial charge in [-0.1, -0.05) is 19.1 Å². The maximum atomic E-state index is 11.9. The van der Waals surface area contributed by atoms with Gasteiger partial charge in [0.25, 0.3) is 5.91 Å². The Morgan fingerprint density at radius 2 is 1.52 bits per heavy atom. The number of aryl methyl sites for hydroxylation is 1. The Hall–Kier alpha value is -3.35. The number of anilines is 1. The maximum Gasteiger partial charge on any atom is 0.335 e. The zero-order chi connectivity index (χ0) is 18.4. The number of ether oxygens (including phenoxy) is 1. The number of hydrogen-bond acceptors (Lipinski definition) is 4. The Kier molecular flexibility index (Phi) is 5.73. The van der Waals surface area contributed by atoms with Gasteiger partial charge in [0, 0.05) is 5.69 Å². The summed E-state index contributed by atoms with van der Waals surface area (Å²) in [7, 11) is 0. The summed E-state index contributed by atoms with van der Waals surface area (Å²) in [6.07, 6.45) is 0.895. The lowest BCUT2D eigenvalue weighted by molar-refractivity contribution is -0.118. The van der Waals surface area contributed by atoms with E-state index in [0.717, 1.165) is 18.1 Å². The van der Waals surface area contributed by atoms with Crippen LogP contribution in [-0.4, -0.2) is 34.7 Å². The van der Waals surface area contributed by atoms with E-state index in [9.17, 15) is 14.4 Å². The second kappa shape index (κ2) is 7.96. The normalized spacial score (nSPS) is 10.1.